The second-order valence-electron chi connectivity index (χ2n) is 4.13. The van der Waals surface area contributed by atoms with E-state index in [1.165, 1.54) is 0 Å². The van der Waals surface area contributed by atoms with Crippen LogP contribution in [0.4, 0.5) is 5.95 Å². The molecule has 0 fully saturated rings. The first-order chi connectivity index (χ1) is 9.51. The number of nitrogens with two attached hydrogens (primary N) is 1. The van der Waals surface area contributed by atoms with Crippen molar-refractivity contribution >= 4 is 27.8 Å². The lowest BCUT2D eigenvalue weighted by molar-refractivity contribution is 0.0930. The molecule has 0 aliphatic heterocycles. The molecular formula is C12H14BrN5O2. The summed E-state index contributed by atoms with van der Waals surface area (Å²) in [6, 6.07) is 5.40. The van der Waals surface area contributed by atoms with Crippen LogP contribution < -0.4 is 15.8 Å². The molecule has 7 nitrogen and oxygen atoms in total. The van der Waals surface area contributed by atoms with E-state index in [1.807, 2.05) is 25.1 Å². The number of carbonyl (C=O) groups is 1. The van der Waals surface area contributed by atoms with Crippen LogP contribution in [-0.4, -0.2) is 28.2 Å². The number of amides is 1. The Morgan fingerprint density at radius 3 is 2.85 bits per heavy atom. The van der Waals surface area contributed by atoms with Crippen LogP contribution in [0.25, 0.3) is 0 Å². The van der Waals surface area contributed by atoms with E-state index in [1.54, 1.807) is 7.11 Å². The van der Waals surface area contributed by atoms with Gasteiger partial charge in [0, 0.05) is 0 Å². The second-order valence-corrected chi connectivity index (χ2v) is 4.99. The number of H-pyrrole nitrogens is 1. The molecule has 0 aliphatic rings. The zero-order valence-corrected chi connectivity index (χ0v) is 12.6. The Bertz CT molecular complexity index is 628. The molecule has 2 aromatic rings. The van der Waals surface area contributed by atoms with Crippen LogP contribution in [0.15, 0.2) is 22.7 Å². The molecule has 1 unspecified atom stereocenters. The zero-order valence-electron chi connectivity index (χ0n) is 11.0. The molecule has 0 spiro atoms. The van der Waals surface area contributed by atoms with E-state index in [0.29, 0.717) is 0 Å². The van der Waals surface area contributed by atoms with Crippen molar-refractivity contribution < 1.29 is 9.53 Å². The number of benzene rings is 1. The maximum absolute atomic E-state index is 11.9. The number of aromatic amines is 1. The standard InChI is InChI=1S/C12H14BrN5O2/c1-6(7-3-4-9(20-2)8(13)5-7)15-11(19)10-16-12(14)18-17-10/h3-6H,1-2H3,(H,15,19)(H3,14,16,17,18). The van der Waals surface area contributed by atoms with Crippen molar-refractivity contribution in [1.29, 1.82) is 0 Å². The molecule has 0 aliphatic carbocycles. The Morgan fingerprint density at radius 2 is 2.30 bits per heavy atom. The van der Waals surface area contributed by atoms with Crippen molar-refractivity contribution in [3.8, 4) is 5.75 Å². The van der Waals surface area contributed by atoms with Gasteiger partial charge in [-0.2, -0.15) is 4.98 Å². The van der Waals surface area contributed by atoms with Crippen LogP contribution in [0.2, 0.25) is 0 Å². The fraction of sp³-hybridized carbons (Fsp3) is 0.250. The number of anilines is 1. The maximum Gasteiger partial charge on any atom is 0.289 e. The number of nitrogen functional groups attached to an aromatic ring is 1. The molecule has 20 heavy (non-hydrogen) atoms. The summed E-state index contributed by atoms with van der Waals surface area (Å²) < 4.78 is 5.98. The molecule has 0 bridgehead atoms. The largest absolute Gasteiger partial charge is 0.496 e. The molecule has 1 heterocycles. The summed E-state index contributed by atoms with van der Waals surface area (Å²) in [5.74, 6) is 0.487. The topological polar surface area (TPSA) is 106 Å². The predicted octanol–water partition coefficient (Wildman–Crippen LogP) is 1.65. The maximum atomic E-state index is 11.9. The molecule has 1 amide bonds. The highest BCUT2D eigenvalue weighted by Crippen LogP contribution is 2.27. The molecule has 0 saturated heterocycles. The average molecular weight is 340 g/mol. The van der Waals surface area contributed by atoms with Crippen LogP contribution >= 0.6 is 15.9 Å². The van der Waals surface area contributed by atoms with E-state index in [-0.39, 0.29) is 23.7 Å². The van der Waals surface area contributed by atoms with Crippen LogP contribution in [0.3, 0.4) is 0 Å². The first-order valence-corrected chi connectivity index (χ1v) is 6.62. The van der Waals surface area contributed by atoms with Crippen LogP contribution in [0.5, 0.6) is 5.75 Å². The monoisotopic (exact) mass is 339 g/mol. The first-order valence-electron chi connectivity index (χ1n) is 5.83. The molecule has 1 aromatic heterocycles. The number of nitrogens with zero attached hydrogens (tertiary/aromatic N) is 2. The number of hydrogen-bond donors (Lipinski definition) is 3. The highest BCUT2D eigenvalue weighted by Gasteiger charge is 2.15. The van der Waals surface area contributed by atoms with Gasteiger partial charge >= 0.3 is 0 Å². The van der Waals surface area contributed by atoms with Gasteiger partial charge in [0.1, 0.15) is 5.75 Å². The lowest BCUT2D eigenvalue weighted by Gasteiger charge is -2.14. The molecule has 1 atom stereocenters. The molecule has 8 heteroatoms. The summed E-state index contributed by atoms with van der Waals surface area (Å²) in [6.07, 6.45) is 0. The molecule has 0 radical (unpaired) electrons. The SMILES string of the molecule is COc1ccc(C(C)NC(=O)c2nc(N)n[nH]2)cc1Br. The third kappa shape index (κ3) is 3.08. The van der Waals surface area contributed by atoms with E-state index < -0.39 is 0 Å². The van der Waals surface area contributed by atoms with Crippen LogP contribution in [0, 0.1) is 0 Å². The highest BCUT2D eigenvalue weighted by molar-refractivity contribution is 9.10. The number of aromatic nitrogens is 3. The third-order valence-electron chi connectivity index (χ3n) is 2.74. The number of nitrogens with one attached hydrogen (secondary N) is 2. The summed E-state index contributed by atoms with van der Waals surface area (Å²) >= 11 is 3.41. The van der Waals surface area contributed by atoms with Crippen molar-refractivity contribution in [1.82, 2.24) is 20.5 Å². The summed E-state index contributed by atoms with van der Waals surface area (Å²) in [4.78, 5) is 15.7. The fourth-order valence-corrected chi connectivity index (χ4v) is 2.23. The summed E-state index contributed by atoms with van der Waals surface area (Å²) in [5, 5.41) is 8.88. The smallest absolute Gasteiger partial charge is 0.289 e. The van der Waals surface area contributed by atoms with Gasteiger partial charge in [0.15, 0.2) is 0 Å². The Hall–Kier alpha value is -2.09. The number of hydrogen-bond acceptors (Lipinski definition) is 5. The molecule has 4 N–H and O–H groups in total. The van der Waals surface area contributed by atoms with Crippen molar-refractivity contribution in [2.45, 2.75) is 13.0 Å². The Kier molecular flexibility index (Phi) is 4.23. The zero-order chi connectivity index (χ0) is 14.7. The van der Waals surface area contributed by atoms with Crippen LogP contribution in [0.1, 0.15) is 29.1 Å². The molecule has 2 rings (SSSR count). The fourth-order valence-electron chi connectivity index (χ4n) is 1.68. The van der Waals surface area contributed by atoms with Gasteiger partial charge in [-0.3, -0.25) is 9.89 Å². The molecule has 0 saturated carbocycles. The normalized spacial score (nSPS) is 11.9. The first kappa shape index (κ1) is 14.3. The lowest BCUT2D eigenvalue weighted by Crippen LogP contribution is -2.27. The predicted molar refractivity (Wildman–Crippen MR) is 77.4 cm³/mol. The summed E-state index contributed by atoms with van der Waals surface area (Å²) in [5.41, 5.74) is 6.29. The number of methoxy groups -OCH3 is 1. The molecular weight excluding hydrogens is 326 g/mol. The second kappa shape index (κ2) is 5.91. The van der Waals surface area contributed by atoms with Crippen molar-refractivity contribution in [2.75, 3.05) is 12.8 Å². The number of carbonyl (C=O) groups excluding carboxylic acids is 1. The van der Waals surface area contributed by atoms with Crippen LogP contribution in [-0.2, 0) is 0 Å². The van der Waals surface area contributed by atoms with Gasteiger partial charge in [-0.1, -0.05) is 6.07 Å². The summed E-state index contributed by atoms with van der Waals surface area (Å²) in [6.45, 7) is 1.87. The van der Waals surface area contributed by atoms with Crippen molar-refractivity contribution in [3.63, 3.8) is 0 Å². The Morgan fingerprint density at radius 1 is 1.55 bits per heavy atom. The van der Waals surface area contributed by atoms with E-state index in [2.05, 4.69) is 36.4 Å². The number of rotatable bonds is 4. The van der Waals surface area contributed by atoms with Crippen molar-refractivity contribution in [2.24, 2.45) is 0 Å². The van der Waals surface area contributed by atoms with E-state index in [0.717, 1.165) is 15.8 Å². The van der Waals surface area contributed by atoms with E-state index >= 15 is 0 Å². The van der Waals surface area contributed by atoms with E-state index in [4.69, 9.17) is 10.5 Å². The number of halogens is 1. The average Bonchev–Trinajstić information content (AvgIpc) is 2.85. The van der Waals surface area contributed by atoms with Gasteiger partial charge in [-0.05, 0) is 40.5 Å². The number of ether oxygens (including phenoxy) is 1. The third-order valence-corrected chi connectivity index (χ3v) is 3.36. The minimum absolute atomic E-state index is 0.0370. The minimum Gasteiger partial charge on any atom is -0.496 e. The van der Waals surface area contributed by atoms with Gasteiger partial charge in [-0.15, -0.1) is 5.10 Å². The van der Waals surface area contributed by atoms with Gasteiger partial charge < -0.3 is 15.8 Å². The van der Waals surface area contributed by atoms with Gasteiger partial charge in [0.25, 0.3) is 5.91 Å². The highest BCUT2D eigenvalue weighted by atomic mass is 79.9. The van der Waals surface area contributed by atoms with Crippen molar-refractivity contribution in [3.05, 3.63) is 34.1 Å². The molecule has 106 valence electrons. The minimum atomic E-state index is -0.367. The Labute approximate surface area is 124 Å². The lowest BCUT2D eigenvalue weighted by atomic mass is 10.1. The van der Waals surface area contributed by atoms with Gasteiger partial charge in [-0.25, -0.2) is 0 Å². The Balaban J connectivity index is 2.10. The quantitative estimate of drug-likeness (QED) is 0.785. The van der Waals surface area contributed by atoms with Gasteiger partial charge in [0.2, 0.25) is 11.8 Å². The van der Waals surface area contributed by atoms with E-state index in [9.17, 15) is 4.79 Å². The molecule has 1 aromatic carbocycles. The van der Waals surface area contributed by atoms with Gasteiger partial charge in [0.05, 0.1) is 17.6 Å². The summed E-state index contributed by atoms with van der Waals surface area (Å²) in [7, 11) is 1.60.